The van der Waals surface area contributed by atoms with Crippen molar-refractivity contribution >= 4 is 52.2 Å². The van der Waals surface area contributed by atoms with Gasteiger partial charge in [0.15, 0.2) is 6.61 Å². The molecular weight excluding hydrogens is 379 g/mol. The third-order valence-electron chi connectivity index (χ3n) is 3.20. The number of carbonyl (C=O) groups is 3. The van der Waals surface area contributed by atoms with E-state index in [4.69, 9.17) is 27.9 Å². The van der Waals surface area contributed by atoms with Crippen LogP contribution in [0.15, 0.2) is 36.4 Å². The Morgan fingerprint density at radius 3 is 2.31 bits per heavy atom. The molecule has 2 aromatic rings. The molecule has 0 heterocycles. The molecule has 0 unspecified atom stereocenters. The summed E-state index contributed by atoms with van der Waals surface area (Å²) >= 11 is 11.9. The number of ketones is 1. The maximum absolute atomic E-state index is 12.5. The zero-order valence-electron chi connectivity index (χ0n) is 14.1. The van der Waals surface area contributed by atoms with E-state index in [0.717, 1.165) is 0 Å². The maximum atomic E-state index is 12.5. The van der Waals surface area contributed by atoms with E-state index in [0.29, 0.717) is 15.7 Å². The normalized spacial score (nSPS) is 10.2. The standard InChI is InChI=1S/C18H16Cl2N2O4/c1-10(23)21-13-4-5-14(16(8-13)22-11(2)24)17(25)9-26-18-7-12(19)3-6-15(18)20/h3-8H,9H2,1-2H3,(H,21,23)(H,22,24). The second-order valence-corrected chi connectivity index (χ2v) is 6.25. The van der Waals surface area contributed by atoms with E-state index in [9.17, 15) is 14.4 Å². The third-order valence-corrected chi connectivity index (χ3v) is 3.75. The summed E-state index contributed by atoms with van der Waals surface area (Å²) < 4.78 is 5.44. The molecule has 0 aliphatic rings. The molecule has 26 heavy (non-hydrogen) atoms. The highest BCUT2D eigenvalue weighted by Crippen LogP contribution is 2.28. The van der Waals surface area contributed by atoms with Crippen molar-refractivity contribution in [2.75, 3.05) is 17.2 Å². The number of Topliss-reactive ketones (excluding diaryl/α,β-unsaturated/α-hetero) is 1. The van der Waals surface area contributed by atoms with Gasteiger partial charge in [0, 0.05) is 36.2 Å². The Balaban J connectivity index is 2.22. The lowest BCUT2D eigenvalue weighted by Gasteiger charge is -2.13. The van der Waals surface area contributed by atoms with Gasteiger partial charge in [0.1, 0.15) is 5.75 Å². The molecule has 2 rings (SSSR count). The van der Waals surface area contributed by atoms with Crippen LogP contribution in [0.25, 0.3) is 0 Å². The zero-order chi connectivity index (χ0) is 19.3. The topological polar surface area (TPSA) is 84.5 Å². The SMILES string of the molecule is CC(=O)Nc1ccc(C(=O)COc2cc(Cl)ccc2Cl)c(NC(C)=O)c1. The van der Waals surface area contributed by atoms with E-state index < -0.39 is 0 Å². The lowest BCUT2D eigenvalue weighted by atomic mass is 10.1. The molecule has 8 heteroatoms. The Bertz CT molecular complexity index is 868. The number of benzene rings is 2. The van der Waals surface area contributed by atoms with Crippen LogP contribution in [0.5, 0.6) is 5.75 Å². The molecule has 2 N–H and O–H groups in total. The number of halogens is 2. The maximum Gasteiger partial charge on any atom is 0.221 e. The highest BCUT2D eigenvalue weighted by molar-refractivity contribution is 6.34. The van der Waals surface area contributed by atoms with Crippen LogP contribution < -0.4 is 15.4 Å². The van der Waals surface area contributed by atoms with Crippen molar-refractivity contribution in [1.29, 1.82) is 0 Å². The fourth-order valence-corrected chi connectivity index (χ4v) is 2.50. The molecule has 2 amide bonds. The fourth-order valence-electron chi connectivity index (χ4n) is 2.17. The minimum absolute atomic E-state index is 0.243. The van der Waals surface area contributed by atoms with Crippen molar-refractivity contribution in [2.24, 2.45) is 0 Å². The second-order valence-electron chi connectivity index (χ2n) is 5.41. The predicted octanol–water partition coefficient (Wildman–Crippen LogP) is 4.17. The first kappa shape index (κ1) is 19.8. The van der Waals surface area contributed by atoms with Gasteiger partial charge < -0.3 is 15.4 Å². The summed E-state index contributed by atoms with van der Waals surface area (Å²) in [4.78, 5) is 35.1. The van der Waals surface area contributed by atoms with Crippen molar-refractivity contribution in [3.8, 4) is 5.75 Å². The largest absolute Gasteiger partial charge is 0.484 e. The van der Waals surface area contributed by atoms with Gasteiger partial charge in [0.25, 0.3) is 0 Å². The van der Waals surface area contributed by atoms with Crippen LogP contribution in [0.4, 0.5) is 11.4 Å². The van der Waals surface area contributed by atoms with Gasteiger partial charge in [-0.3, -0.25) is 14.4 Å². The number of hydrogen-bond donors (Lipinski definition) is 2. The van der Waals surface area contributed by atoms with Crippen LogP contribution in [-0.2, 0) is 9.59 Å². The first-order chi connectivity index (χ1) is 12.3. The van der Waals surface area contributed by atoms with Gasteiger partial charge in [0.05, 0.1) is 10.7 Å². The summed E-state index contributed by atoms with van der Waals surface area (Å²) in [5, 5.41) is 5.91. The first-order valence-corrected chi connectivity index (χ1v) is 8.32. The second kappa shape index (κ2) is 8.69. The van der Waals surface area contributed by atoms with Crippen molar-refractivity contribution in [2.45, 2.75) is 13.8 Å². The molecule has 0 fully saturated rings. The van der Waals surface area contributed by atoms with E-state index in [-0.39, 0.29) is 41.2 Å². The van der Waals surface area contributed by atoms with Gasteiger partial charge in [-0.2, -0.15) is 0 Å². The lowest BCUT2D eigenvalue weighted by Crippen LogP contribution is -2.17. The first-order valence-electron chi connectivity index (χ1n) is 7.56. The molecule has 136 valence electrons. The molecule has 0 saturated carbocycles. The Morgan fingerprint density at radius 2 is 1.65 bits per heavy atom. The summed E-state index contributed by atoms with van der Waals surface area (Å²) in [6.07, 6.45) is 0. The molecule has 0 radical (unpaired) electrons. The number of carbonyl (C=O) groups excluding carboxylic acids is 3. The van der Waals surface area contributed by atoms with E-state index in [1.165, 1.54) is 32.0 Å². The third kappa shape index (κ3) is 5.47. The molecule has 0 aliphatic carbocycles. The summed E-state index contributed by atoms with van der Waals surface area (Å²) in [5.41, 5.74) is 0.971. The quantitative estimate of drug-likeness (QED) is 0.719. The molecule has 0 spiro atoms. The summed E-state index contributed by atoms with van der Waals surface area (Å²) in [6.45, 7) is 2.38. The van der Waals surface area contributed by atoms with E-state index in [1.807, 2.05) is 0 Å². The Kier molecular flexibility index (Phi) is 6.60. The van der Waals surface area contributed by atoms with Crippen LogP contribution in [0.2, 0.25) is 10.0 Å². The van der Waals surface area contributed by atoms with Crippen molar-refractivity contribution in [3.63, 3.8) is 0 Å². The molecule has 0 aromatic heterocycles. The highest BCUT2D eigenvalue weighted by Gasteiger charge is 2.15. The van der Waals surface area contributed by atoms with Crippen LogP contribution in [0, 0.1) is 0 Å². The number of ether oxygens (including phenoxy) is 1. The molecule has 0 saturated heterocycles. The smallest absolute Gasteiger partial charge is 0.221 e. The van der Waals surface area contributed by atoms with E-state index >= 15 is 0 Å². The molecule has 0 atom stereocenters. The molecule has 2 aromatic carbocycles. The summed E-state index contributed by atoms with van der Waals surface area (Å²) in [5.74, 6) is -0.711. The van der Waals surface area contributed by atoms with Gasteiger partial charge >= 0.3 is 0 Å². The van der Waals surface area contributed by atoms with Crippen molar-refractivity contribution < 1.29 is 19.1 Å². The lowest BCUT2D eigenvalue weighted by molar-refractivity contribution is -0.115. The van der Waals surface area contributed by atoms with Crippen LogP contribution in [0.3, 0.4) is 0 Å². The summed E-state index contributed by atoms with van der Waals surface area (Å²) in [7, 11) is 0. The minimum atomic E-state index is -0.376. The van der Waals surface area contributed by atoms with Gasteiger partial charge in [-0.15, -0.1) is 0 Å². The minimum Gasteiger partial charge on any atom is -0.484 e. The van der Waals surface area contributed by atoms with Gasteiger partial charge in [-0.1, -0.05) is 23.2 Å². The molecule has 0 aliphatic heterocycles. The predicted molar refractivity (Wildman–Crippen MR) is 101 cm³/mol. The zero-order valence-corrected chi connectivity index (χ0v) is 15.6. The molecule has 6 nitrogen and oxygen atoms in total. The number of nitrogens with one attached hydrogen (secondary N) is 2. The average Bonchev–Trinajstić information content (AvgIpc) is 2.54. The van der Waals surface area contributed by atoms with E-state index in [1.54, 1.807) is 18.2 Å². The van der Waals surface area contributed by atoms with Crippen LogP contribution in [0.1, 0.15) is 24.2 Å². The van der Waals surface area contributed by atoms with Crippen molar-refractivity contribution in [1.82, 2.24) is 0 Å². The van der Waals surface area contributed by atoms with Crippen LogP contribution in [-0.4, -0.2) is 24.2 Å². The van der Waals surface area contributed by atoms with Gasteiger partial charge in [0.2, 0.25) is 17.6 Å². The average molecular weight is 395 g/mol. The van der Waals surface area contributed by atoms with Gasteiger partial charge in [-0.05, 0) is 30.3 Å². The van der Waals surface area contributed by atoms with Crippen LogP contribution >= 0.6 is 23.2 Å². The van der Waals surface area contributed by atoms with Gasteiger partial charge in [-0.25, -0.2) is 0 Å². The Morgan fingerprint density at radius 1 is 0.962 bits per heavy atom. The number of rotatable bonds is 6. The van der Waals surface area contributed by atoms with Crippen molar-refractivity contribution in [3.05, 3.63) is 52.0 Å². The number of amides is 2. The summed E-state index contributed by atoms with van der Waals surface area (Å²) in [6, 6.07) is 9.24. The molecular formula is C18H16Cl2N2O4. The Hall–Kier alpha value is -2.57. The number of hydrogen-bond acceptors (Lipinski definition) is 4. The fraction of sp³-hybridized carbons (Fsp3) is 0.167. The molecule has 0 bridgehead atoms. The van der Waals surface area contributed by atoms with E-state index in [2.05, 4.69) is 10.6 Å². The highest BCUT2D eigenvalue weighted by atomic mass is 35.5. The Labute approximate surface area is 160 Å². The monoisotopic (exact) mass is 394 g/mol. The number of anilines is 2.